The Bertz CT molecular complexity index is 528. The number of anilines is 2. The van der Waals surface area contributed by atoms with Gasteiger partial charge in [0, 0.05) is 6.54 Å². The van der Waals surface area contributed by atoms with Crippen LogP contribution in [-0.2, 0) is 10.9 Å². The minimum absolute atomic E-state index is 0.0881. The maximum absolute atomic E-state index is 12.8. The Morgan fingerprint density at radius 3 is 2.85 bits per heavy atom. The van der Waals surface area contributed by atoms with Crippen molar-refractivity contribution in [3.8, 4) is 6.07 Å². The SMILES string of the molecule is N#CC1CN(c2cc(C(F)(F)F)cc(NN)n2)CCO1. The second kappa shape index (κ2) is 5.52. The van der Waals surface area contributed by atoms with Crippen LogP contribution in [0.3, 0.4) is 0 Å². The van der Waals surface area contributed by atoms with Crippen molar-refractivity contribution in [2.75, 3.05) is 30.0 Å². The lowest BCUT2D eigenvalue weighted by atomic mass is 10.2. The Hall–Kier alpha value is -2.05. The minimum atomic E-state index is -4.50. The number of nitrogens with one attached hydrogen (secondary N) is 1. The number of nitrogen functional groups attached to an aromatic ring is 1. The summed E-state index contributed by atoms with van der Waals surface area (Å²) in [6.07, 6.45) is -5.18. The van der Waals surface area contributed by atoms with Crippen LogP contribution >= 0.6 is 0 Å². The number of alkyl halides is 3. The zero-order chi connectivity index (χ0) is 14.8. The summed E-state index contributed by atoms with van der Waals surface area (Å²) >= 11 is 0. The van der Waals surface area contributed by atoms with Crippen molar-refractivity contribution in [2.24, 2.45) is 5.84 Å². The van der Waals surface area contributed by atoms with Gasteiger partial charge in [-0.05, 0) is 12.1 Å². The number of morpholine rings is 1. The Morgan fingerprint density at radius 2 is 2.25 bits per heavy atom. The molecule has 108 valence electrons. The summed E-state index contributed by atoms with van der Waals surface area (Å²) in [5.41, 5.74) is 1.26. The van der Waals surface area contributed by atoms with E-state index in [2.05, 4.69) is 10.4 Å². The molecule has 6 nitrogen and oxygen atoms in total. The van der Waals surface area contributed by atoms with Crippen molar-refractivity contribution in [3.05, 3.63) is 17.7 Å². The average molecular weight is 287 g/mol. The summed E-state index contributed by atoms with van der Waals surface area (Å²) in [7, 11) is 0. The fourth-order valence-electron chi connectivity index (χ4n) is 1.85. The van der Waals surface area contributed by atoms with E-state index >= 15 is 0 Å². The van der Waals surface area contributed by atoms with Gasteiger partial charge in [0.1, 0.15) is 11.6 Å². The van der Waals surface area contributed by atoms with Gasteiger partial charge in [-0.1, -0.05) is 0 Å². The van der Waals surface area contributed by atoms with Gasteiger partial charge in [-0.25, -0.2) is 10.8 Å². The van der Waals surface area contributed by atoms with Gasteiger partial charge in [0.15, 0.2) is 6.10 Å². The first-order valence-electron chi connectivity index (χ1n) is 5.76. The third kappa shape index (κ3) is 3.09. The first-order chi connectivity index (χ1) is 9.44. The highest BCUT2D eigenvalue weighted by molar-refractivity contribution is 5.51. The molecule has 0 radical (unpaired) electrons. The zero-order valence-corrected chi connectivity index (χ0v) is 10.3. The van der Waals surface area contributed by atoms with E-state index in [0.29, 0.717) is 6.54 Å². The zero-order valence-electron chi connectivity index (χ0n) is 10.3. The number of hydrazine groups is 1. The van der Waals surface area contributed by atoms with Crippen molar-refractivity contribution in [1.29, 1.82) is 5.26 Å². The predicted octanol–water partition coefficient (Wildman–Crippen LogP) is 1.11. The summed E-state index contributed by atoms with van der Waals surface area (Å²) in [5, 5.41) is 8.81. The van der Waals surface area contributed by atoms with Gasteiger partial charge >= 0.3 is 6.18 Å². The first kappa shape index (κ1) is 14.4. The number of hydrogen-bond donors (Lipinski definition) is 2. The second-order valence-electron chi connectivity index (χ2n) is 4.18. The number of nitrogens with zero attached hydrogens (tertiary/aromatic N) is 3. The molecular weight excluding hydrogens is 275 g/mol. The van der Waals surface area contributed by atoms with Gasteiger partial charge in [0.2, 0.25) is 0 Å². The van der Waals surface area contributed by atoms with Crippen molar-refractivity contribution < 1.29 is 17.9 Å². The molecule has 0 aromatic carbocycles. The average Bonchev–Trinajstić information content (AvgIpc) is 2.46. The van der Waals surface area contributed by atoms with Gasteiger partial charge in [-0.2, -0.15) is 18.4 Å². The molecule has 0 aliphatic carbocycles. The quantitative estimate of drug-likeness (QED) is 0.626. The van der Waals surface area contributed by atoms with Crippen LogP contribution in [0.2, 0.25) is 0 Å². The summed E-state index contributed by atoms with van der Waals surface area (Å²) in [5.74, 6) is 5.16. The molecule has 2 heterocycles. The van der Waals surface area contributed by atoms with Crippen LogP contribution in [0.4, 0.5) is 24.8 Å². The minimum Gasteiger partial charge on any atom is -0.360 e. The van der Waals surface area contributed by atoms with Crippen LogP contribution in [0.25, 0.3) is 0 Å². The maximum atomic E-state index is 12.8. The highest BCUT2D eigenvalue weighted by atomic mass is 19.4. The van der Waals surface area contributed by atoms with E-state index in [1.165, 1.54) is 0 Å². The predicted molar refractivity (Wildman–Crippen MR) is 64.6 cm³/mol. The molecule has 0 spiro atoms. The van der Waals surface area contributed by atoms with E-state index in [9.17, 15) is 13.2 Å². The maximum Gasteiger partial charge on any atom is 0.416 e. The molecule has 1 atom stereocenters. The van der Waals surface area contributed by atoms with Gasteiger partial charge in [-0.3, -0.25) is 0 Å². The lowest BCUT2D eigenvalue weighted by molar-refractivity contribution is -0.137. The van der Waals surface area contributed by atoms with E-state index < -0.39 is 17.8 Å². The Kier molecular flexibility index (Phi) is 3.96. The molecule has 0 saturated carbocycles. The Balaban J connectivity index is 2.33. The van der Waals surface area contributed by atoms with Crippen LogP contribution in [0.15, 0.2) is 12.1 Å². The molecule has 1 aliphatic heterocycles. The van der Waals surface area contributed by atoms with E-state index in [0.717, 1.165) is 12.1 Å². The molecule has 1 unspecified atom stereocenters. The summed E-state index contributed by atoms with van der Waals surface area (Å²) in [6, 6.07) is 3.68. The number of nitrogens with two attached hydrogens (primary N) is 1. The molecule has 9 heteroatoms. The molecule has 20 heavy (non-hydrogen) atoms. The van der Waals surface area contributed by atoms with Crippen molar-refractivity contribution >= 4 is 11.6 Å². The molecule has 1 aromatic heterocycles. The number of hydrogen-bond acceptors (Lipinski definition) is 6. The second-order valence-corrected chi connectivity index (χ2v) is 4.18. The van der Waals surface area contributed by atoms with Gasteiger partial charge in [0.05, 0.1) is 24.8 Å². The van der Waals surface area contributed by atoms with Crippen LogP contribution < -0.4 is 16.2 Å². The monoisotopic (exact) mass is 287 g/mol. The summed E-state index contributed by atoms with van der Waals surface area (Å²) < 4.78 is 43.5. The summed E-state index contributed by atoms with van der Waals surface area (Å²) in [4.78, 5) is 5.55. The van der Waals surface area contributed by atoms with Gasteiger partial charge in [0.25, 0.3) is 0 Å². The number of nitriles is 1. The number of halogens is 3. The smallest absolute Gasteiger partial charge is 0.360 e. The molecule has 1 fully saturated rings. The van der Waals surface area contributed by atoms with E-state index in [-0.39, 0.29) is 24.8 Å². The molecule has 1 aliphatic rings. The van der Waals surface area contributed by atoms with Crippen molar-refractivity contribution in [3.63, 3.8) is 0 Å². The van der Waals surface area contributed by atoms with Crippen molar-refractivity contribution in [1.82, 2.24) is 4.98 Å². The highest BCUT2D eigenvalue weighted by Gasteiger charge is 2.32. The molecule has 1 aromatic rings. The lowest BCUT2D eigenvalue weighted by Crippen LogP contribution is -2.42. The lowest BCUT2D eigenvalue weighted by Gasteiger charge is -2.31. The highest BCUT2D eigenvalue weighted by Crippen LogP contribution is 2.33. The Labute approximate surface area is 112 Å². The van der Waals surface area contributed by atoms with Crippen LogP contribution in [0.5, 0.6) is 0 Å². The van der Waals surface area contributed by atoms with Crippen LogP contribution in [0.1, 0.15) is 5.56 Å². The van der Waals surface area contributed by atoms with Gasteiger partial charge in [-0.15, -0.1) is 0 Å². The Morgan fingerprint density at radius 1 is 1.50 bits per heavy atom. The van der Waals surface area contributed by atoms with E-state index in [1.54, 1.807) is 4.90 Å². The summed E-state index contributed by atoms with van der Waals surface area (Å²) in [6.45, 7) is 0.771. The molecule has 1 saturated heterocycles. The van der Waals surface area contributed by atoms with Crippen LogP contribution in [0, 0.1) is 11.3 Å². The third-order valence-corrected chi connectivity index (χ3v) is 2.82. The molecule has 2 rings (SSSR count). The molecular formula is C11H12F3N5O. The number of aromatic nitrogens is 1. The number of ether oxygens (including phenoxy) is 1. The van der Waals surface area contributed by atoms with Crippen LogP contribution in [-0.4, -0.2) is 30.8 Å². The van der Waals surface area contributed by atoms with E-state index in [4.69, 9.17) is 15.8 Å². The first-order valence-corrected chi connectivity index (χ1v) is 5.76. The number of rotatable bonds is 2. The topological polar surface area (TPSA) is 87.2 Å². The molecule has 0 bridgehead atoms. The standard InChI is InChI=1S/C11H12F3N5O/c12-11(13,14)7-3-9(18-16)17-10(4-7)19-1-2-20-8(5-15)6-19/h3-4,8H,1-2,6,16H2,(H,17,18). The fraction of sp³-hybridized carbons (Fsp3) is 0.455. The number of pyridine rings is 1. The molecule has 3 N–H and O–H groups in total. The largest absolute Gasteiger partial charge is 0.416 e. The third-order valence-electron chi connectivity index (χ3n) is 2.82. The van der Waals surface area contributed by atoms with Crippen molar-refractivity contribution in [2.45, 2.75) is 12.3 Å². The van der Waals surface area contributed by atoms with E-state index in [1.807, 2.05) is 6.07 Å². The molecule has 0 amide bonds. The van der Waals surface area contributed by atoms with Gasteiger partial charge < -0.3 is 15.1 Å². The normalized spacial score (nSPS) is 19.6. The fourth-order valence-corrected chi connectivity index (χ4v) is 1.85.